The number of pyridine rings is 2. The van der Waals surface area contributed by atoms with Crippen LogP contribution in [0.3, 0.4) is 0 Å². The molecule has 0 atom stereocenters. The van der Waals surface area contributed by atoms with E-state index in [0.717, 1.165) is 5.56 Å². The Morgan fingerprint density at radius 3 is 2.27 bits per heavy atom. The van der Waals surface area contributed by atoms with Gasteiger partial charge in [-0.25, -0.2) is 4.98 Å². The predicted octanol–water partition coefficient (Wildman–Crippen LogP) is 0.890. The van der Waals surface area contributed by atoms with Crippen molar-refractivity contribution >= 4 is 17.2 Å². The van der Waals surface area contributed by atoms with E-state index in [0.29, 0.717) is 17.1 Å². The van der Waals surface area contributed by atoms with Crippen LogP contribution in [0.25, 0.3) is 11.3 Å². The average molecular weight is 201 g/mol. The van der Waals surface area contributed by atoms with Gasteiger partial charge in [0.15, 0.2) is 0 Å². The average Bonchev–Trinajstić information content (AvgIpc) is 2.26. The molecule has 0 unspecified atom stereocenters. The van der Waals surface area contributed by atoms with Crippen LogP contribution < -0.4 is 17.2 Å². The molecule has 0 saturated carbocycles. The fraction of sp³-hybridized carbons (Fsp3) is 0. The Hall–Kier alpha value is -2.30. The summed E-state index contributed by atoms with van der Waals surface area (Å²) < 4.78 is 0. The number of hydrogen-bond donors (Lipinski definition) is 3. The highest BCUT2D eigenvalue weighted by molar-refractivity contribution is 5.79. The summed E-state index contributed by atoms with van der Waals surface area (Å²) in [6.07, 6.45) is 3.36. The van der Waals surface area contributed by atoms with E-state index in [9.17, 15) is 0 Å². The van der Waals surface area contributed by atoms with Gasteiger partial charge in [0, 0.05) is 18.0 Å². The minimum atomic E-state index is 0.252. The Bertz CT molecular complexity index is 457. The lowest BCUT2D eigenvalue weighted by molar-refractivity contribution is 1.29. The molecule has 76 valence electrons. The third-order valence-corrected chi connectivity index (χ3v) is 2.10. The molecule has 0 amide bonds. The first kappa shape index (κ1) is 9.26. The van der Waals surface area contributed by atoms with E-state index >= 15 is 0 Å². The zero-order valence-corrected chi connectivity index (χ0v) is 8.01. The lowest BCUT2D eigenvalue weighted by atomic mass is 10.1. The van der Waals surface area contributed by atoms with Crippen LogP contribution in [0.15, 0.2) is 30.6 Å². The van der Waals surface area contributed by atoms with Gasteiger partial charge in [0.2, 0.25) is 0 Å². The summed E-state index contributed by atoms with van der Waals surface area (Å²) in [5.41, 5.74) is 19.3. The Morgan fingerprint density at radius 1 is 1.00 bits per heavy atom. The molecule has 0 fully saturated rings. The van der Waals surface area contributed by atoms with E-state index in [1.165, 1.54) is 0 Å². The second kappa shape index (κ2) is 3.45. The predicted molar refractivity (Wildman–Crippen MR) is 60.7 cm³/mol. The molecule has 0 saturated heterocycles. The number of aromatic nitrogens is 2. The highest BCUT2D eigenvalue weighted by Gasteiger charge is 2.06. The third-order valence-electron chi connectivity index (χ3n) is 2.10. The summed E-state index contributed by atoms with van der Waals surface area (Å²) in [6, 6.07) is 5.36. The smallest absolute Gasteiger partial charge is 0.149 e. The first-order valence-corrected chi connectivity index (χ1v) is 4.40. The molecule has 2 aromatic rings. The molecule has 15 heavy (non-hydrogen) atoms. The summed E-state index contributed by atoms with van der Waals surface area (Å²) in [7, 11) is 0. The minimum absolute atomic E-state index is 0.252. The summed E-state index contributed by atoms with van der Waals surface area (Å²) in [4.78, 5) is 8.07. The minimum Gasteiger partial charge on any atom is -0.397 e. The lowest BCUT2D eigenvalue weighted by Crippen LogP contribution is -2.03. The maximum absolute atomic E-state index is 5.70. The molecule has 0 aliphatic heterocycles. The second-order valence-electron chi connectivity index (χ2n) is 3.13. The van der Waals surface area contributed by atoms with E-state index in [1.54, 1.807) is 18.5 Å². The van der Waals surface area contributed by atoms with Crippen LogP contribution in [-0.4, -0.2) is 9.97 Å². The van der Waals surface area contributed by atoms with Crippen molar-refractivity contribution in [3.05, 3.63) is 30.6 Å². The molecule has 0 bridgehead atoms. The molecule has 2 aromatic heterocycles. The van der Waals surface area contributed by atoms with E-state index in [-0.39, 0.29) is 5.82 Å². The van der Waals surface area contributed by atoms with Crippen molar-refractivity contribution in [2.75, 3.05) is 17.2 Å². The molecule has 2 rings (SSSR count). The summed E-state index contributed by atoms with van der Waals surface area (Å²) in [5.74, 6) is 0.252. The van der Waals surface area contributed by atoms with Gasteiger partial charge in [-0.1, -0.05) is 0 Å². The second-order valence-corrected chi connectivity index (χ2v) is 3.13. The Morgan fingerprint density at radius 2 is 1.67 bits per heavy atom. The van der Waals surface area contributed by atoms with Gasteiger partial charge in [-0.3, -0.25) is 4.98 Å². The van der Waals surface area contributed by atoms with Gasteiger partial charge in [0.25, 0.3) is 0 Å². The Labute approximate surface area is 86.9 Å². The first-order valence-electron chi connectivity index (χ1n) is 4.40. The number of hydrogen-bond acceptors (Lipinski definition) is 5. The molecule has 5 heteroatoms. The van der Waals surface area contributed by atoms with Crippen molar-refractivity contribution in [2.24, 2.45) is 0 Å². The molecule has 0 aliphatic carbocycles. The van der Waals surface area contributed by atoms with Crippen LogP contribution in [0, 0.1) is 0 Å². The van der Waals surface area contributed by atoms with Crippen LogP contribution in [-0.2, 0) is 0 Å². The number of anilines is 3. The van der Waals surface area contributed by atoms with Gasteiger partial charge in [0.1, 0.15) is 5.82 Å². The number of nitrogens with zero attached hydrogens (tertiary/aromatic N) is 2. The third kappa shape index (κ3) is 1.67. The van der Waals surface area contributed by atoms with Crippen LogP contribution in [0.5, 0.6) is 0 Å². The maximum Gasteiger partial charge on any atom is 0.149 e. The normalized spacial score (nSPS) is 10.1. The fourth-order valence-electron chi connectivity index (χ4n) is 1.27. The summed E-state index contributed by atoms with van der Waals surface area (Å²) in [6.45, 7) is 0. The zero-order valence-electron chi connectivity index (χ0n) is 8.01. The van der Waals surface area contributed by atoms with Crippen molar-refractivity contribution in [1.29, 1.82) is 0 Å². The maximum atomic E-state index is 5.70. The number of nitrogen functional groups attached to an aromatic ring is 3. The van der Waals surface area contributed by atoms with Gasteiger partial charge in [0.05, 0.1) is 17.1 Å². The van der Waals surface area contributed by atoms with Crippen LogP contribution in [0.2, 0.25) is 0 Å². The molecule has 5 nitrogen and oxygen atoms in total. The monoisotopic (exact) mass is 201 g/mol. The van der Waals surface area contributed by atoms with Gasteiger partial charge in [-0.15, -0.1) is 0 Å². The molecule has 2 heterocycles. The Balaban J connectivity index is 2.56. The fourth-order valence-corrected chi connectivity index (χ4v) is 1.27. The van der Waals surface area contributed by atoms with Gasteiger partial charge in [-0.2, -0.15) is 0 Å². The number of nitrogens with two attached hydrogens (primary N) is 3. The Kier molecular flexibility index (Phi) is 2.13. The van der Waals surface area contributed by atoms with Crippen molar-refractivity contribution in [1.82, 2.24) is 9.97 Å². The largest absolute Gasteiger partial charge is 0.397 e. The van der Waals surface area contributed by atoms with Crippen LogP contribution in [0.1, 0.15) is 0 Å². The molecular formula is C10H11N5. The van der Waals surface area contributed by atoms with Gasteiger partial charge in [-0.05, 0) is 18.2 Å². The van der Waals surface area contributed by atoms with Gasteiger partial charge >= 0.3 is 0 Å². The van der Waals surface area contributed by atoms with Crippen LogP contribution >= 0.6 is 0 Å². The SMILES string of the molecule is Nc1cc(-c2ccncc2)nc(N)c1N. The molecule has 0 aliphatic rings. The highest BCUT2D eigenvalue weighted by atomic mass is 14.9. The van der Waals surface area contributed by atoms with Gasteiger partial charge < -0.3 is 17.2 Å². The summed E-state index contributed by atoms with van der Waals surface area (Å²) in [5, 5.41) is 0. The topological polar surface area (TPSA) is 104 Å². The van der Waals surface area contributed by atoms with E-state index in [2.05, 4.69) is 9.97 Å². The standard InChI is InChI=1S/C10H11N5/c11-7-5-8(15-10(13)9(7)12)6-1-3-14-4-2-6/h1-5H,12H2,(H4,11,13,15). The lowest BCUT2D eigenvalue weighted by Gasteiger charge is -2.06. The molecule has 0 spiro atoms. The molecular weight excluding hydrogens is 190 g/mol. The summed E-state index contributed by atoms with van der Waals surface area (Å²) >= 11 is 0. The highest BCUT2D eigenvalue weighted by Crippen LogP contribution is 2.26. The van der Waals surface area contributed by atoms with E-state index < -0.39 is 0 Å². The van der Waals surface area contributed by atoms with Crippen LogP contribution in [0.4, 0.5) is 17.2 Å². The van der Waals surface area contributed by atoms with Crippen molar-refractivity contribution in [2.45, 2.75) is 0 Å². The molecule has 0 aromatic carbocycles. The molecule has 6 N–H and O–H groups in total. The van der Waals surface area contributed by atoms with E-state index in [4.69, 9.17) is 17.2 Å². The zero-order chi connectivity index (χ0) is 10.8. The van der Waals surface area contributed by atoms with Crippen molar-refractivity contribution in [3.8, 4) is 11.3 Å². The van der Waals surface area contributed by atoms with E-state index in [1.807, 2.05) is 12.1 Å². The van der Waals surface area contributed by atoms with Crippen molar-refractivity contribution < 1.29 is 0 Å². The van der Waals surface area contributed by atoms with Crippen molar-refractivity contribution in [3.63, 3.8) is 0 Å². The number of rotatable bonds is 1. The quantitative estimate of drug-likeness (QED) is 0.635. The first-order chi connectivity index (χ1) is 7.18. The molecule has 0 radical (unpaired) electrons.